The van der Waals surface area contributed by atoms with Crippen molar-refractivity contribution in [2.24, 2.45) is 11.7 Å². The Hall–Kier alpha value is -1.14. The number of nitrogens with two attached hydrogens (primary N) is 1. The van der Waals surface area contributed by atoms with Crippen LogP contribution < -0.4 is 11.1 Å². The number of hydrogen-bond acceptors (Lipinski definition) is 4. The molecule has 6 heteroatoms. The van der Waals surface area contributed by atoms with Gasteiger partial charge in [0.1, 0.15) is 0 Å². The van der Waals surface area contributed by atoms with Crippen molar-refractivity contribution in [3.8, 4) is 0 Å². The lowest BCUT2D eigenvalue weighted by Crippen LogP contribution is -2.50. The van der Waals surface area contributed by atoms with E-state index in [-0.39, 0.29) is 24.2 Å². The number of piperazine rings is 1. The number of hydrogen-bond donors (Lipinski definition) is 2. The van der Waals surface area contributed by atoms with Crippen LogP contribution in [0.5, 0.6) is 0 Å². The van der Waals surface area contributed by atoms with Crippen LogP contribution in [-0.4, -0.2) is 61.0 Å². The number of nitrogens with zero attached hydrogens (tertiary/aromatic N) is 2. The van der Waals surface area contributed by atoms with Gasteiger partial charge in [0.15, 0.2) is 0 Å². The molecular formula is C19H33ClN4O. The van der Waals surface area contributed by atoms with Crippen LogP contribution in [0.25, 0.3) is 0 Å². The van der Waals surface area contributed by atoms with Gasteiger partial charge in [-0.3, -0.25) is 14.6 Å². The standard InChI is InChI=1S/C19H32N4O.ClH/c1-3-16(2)18(20)19(24)21-9-10-22-11-13-23(14-12-22)15-17-7-5-4-6-8-17;/h4-8,16,18H,3,9-15,20H2,1-2H3,(H,21,24);1H. The fraction of sp³-hybridized carbons (Fsp3) is 0.632. The van der Waals surface area contributed by atoms with E-state index >= 15 is 0 Å². The number of amides is 1. The number of halogens is 1. The van der Waals surface area contributed by atoms with Gasteiger partial charge >= 0.3 is 0 Å². The summed E-state index contributed by atoms with van der Waals surface area (Å²) < 4.78 is 0. The normalized spacial score (nSPS) is 18.2. The van der Waals surface area contributed by atoms with Crippen LogP contribution in [0.2, 0.25) is 0 Å². The summed E-state index contributed by atoms with van der Waals surface area (Å²) in [5, 5.41) is 2.98. The minimum absolute atomic E-state index is 0. The molecule has 1 aromatic rings. The molecule has 1 aliphatic rings. The summed E-state index contributed by atoms with van der Waals surface area (Å²) in [7, 11) is 0. The van der Waals surface area contributed by atoms with E-state index < -0.39 is 6.04 Å². The van der Waals surface area contributed by atoms with Gasteiger partial charge in [0.05, 0.1) is 6.04 Å². The molecule has 1 aliphatic heterocycles. The Kier molecular flexibility index (Phi) is 10.0. The SMILES string of the molecule is CCC(C)C(N)C(=O)NCCN1CCN(Cc2ccccc2)CC1.Cl. The Bertz CT molecular complexity index is 491. The summed E-state index contributed by atoms with van der Waals surface area (Å²) >= 11 is 0. The second-order valence-electron chi connectivity index (χ2n) is 6.81. The molecule has 0 radical (unpaired) electrons. The third-order valence-electron chi connectivity index (χ3n) is 5.00. The molecule has 1 saturated heterocycles. The summed E-state index contributed by atoms with van der Waals surface area (Å²) in [5.74, 6) is 0.207. The van der Waals surface area contributed by atoms with E-state index in [1.54, 1.807) is 0 Å². The molecule has 1 heterocycles. The lowest BCUT2D eigenvalue weighted by molar-refractivity contribution is -0.123. The molecule has 5 nitrogen and oxygen atoms in total. The van der Waals surface area contributed by atoms with Crippen LogP contribution in [0.1, 0.15) is 25.8 Å². The highest BCUT2D eigenvalue weighted by Crippen LogP contribution is 2.08. The Morgan fingerprint density at radius 1 is 1.16 bits per heavy atom. The Balaban J connectivity index is 0.00000312. The van der Waals surface area contributed by atoms with Gasteiger partial charge in [-0.05, 0) is 11.5 Å². The molecule has 25 heavy (non-hydrogen) atoms. The number of carbonyl (C=O) groups excluding carboxylic acids is 1. The van der Waals surface area contributed by atoms with Crippen molar-refractivity contribution in [1.29, 1.82) is 0 Å². The van der Waals surface area contributed by atoms with Crippen molar-refractivity contribution in [1.82, 2.24) is 15.1 Å². The smallest absolute Gasteiger partial charge is 0.237 e. The van der Waals surface area contributed by atoms with Crippen LogP contribution in [0.4, 0.5) is 0 Å². The first-order valence-corrected chi connectivity index (χ1v) is 9.12. The fourth-order valence-electron chi connectivity index (χ4n) is 2.98. The predicted molar refractivity (Wildman–Crippen MR) is 106 cm³/mol. The van der Waals surface area contributed by atoms with E-state index in [0.29, 0.717) is 6.54 Å². The minimum Gasteiger partial charge on any atom is -0.353 e. The van der Waals surface area contributed by atoms with Gasteiger partial charge in [-0.15, -0.1) is 12.4 Å². The average Bonchev–Trinajstić information content (AvgIpc) is 2.62. The zero-order valence-corrected chi connectivity index (χ0v) is 16.3. The summed E-state index contributed by atoms with van der Waals surface area (Å²) in [6.45, 7) is 11.0. The van der Waals surface area contributed by atoms with E-state index in [1.807, 2.05) is 6.92 Å². The first-order valence-electron chi connectivity index (χ1n) is 9.12. The zero-order chi connectivity index (χ0) is 17.4. The van der Waals surface area contributed by atoms with Crippen molar-refractivity contribution in [2.45, 2.75) is 32.9 Å². The molecule has 1 aromatic carbocycles. The van der Waals surface area contributed by atoms with Crippen molar-refractivity contribution in [3.05, 3.63) is 35.9 Å². The Labute approximate surface area is 158 Å². The monoisotopic (exact) mass is 368 g/mol. The quantitative estimate of drug-likeness (QED) is 0.733. The van der Waals surface area contributed by atoms with Crippen molar-refractivity contribution >= 4 is 18.3 Å². The number of benzene rings is 1. The molecular weight excluding hydrogens is 336 g/mol. The molecule has 3 N–H and O–H groups in total. The van der Waals surface area contributed by atoms with Crippen LogP contribution in [0.3, 0.4) is 0 Å². The zero-order valence-electron chi connectivity index (χ0n) is 15.5. The van der Waals surface area contributed by atoms with Crippen LogP contribution in [0, 0.1) is 5.92 Å². The largest absolute Gasteiger partial charge is 0.353 e. The van der Waals surface area contributed by atoms with Gasteiger partial charge in [0.2, 0.25) is 5.91 Å². The van der Waals surface area contributed by atoms with Gasteiger partial charge in [-0.2, -0.15) is 0 Å². The van der Waals surface area contributed by atoms with E-state index in [2.05, 4.69) is 52.4 Å². The molecule has 0 aliphatic carbocycles. The van der Waals surface area contributed by atoms with E-state index in [9.17, 15) is 4.79 Å². The van der Waals surface area contributed by atoms with Gasteiger partial charge in [0.25, 0.3) is 0 Å². The fourth-order valence-corrected chi connectivity index (χ4v) is 2.98. The number of rotatable bonds is 8. The molecule has 2 atom stereocenters. The highest BCUT2D eigenvalue weighted by molar-refractivity contribution is 5.85. The van der Waals surface area contributed by atoms with Gasteiger partial charge < -0.3 is 11.1 Å². The van der Waals surface area contributed by atoms with Gasteiger partial charge in [0, 0.05) is 45.8 Å². The molecule has 0 spiro atoms. The summed E-state index contributed by atoms with van der Waals surface area (Å²) in [6, 6.07) is 10.2. The summed E-state index contributed by atoms with van der Waals surface area (Å²) in [4.78, 5) is 16.9. The highest BCUT2D eigenvalue weighted by Gasteiger charge is 2.20. The molecule has 0 bridgehead atoms. The molecule has 0 aromatic heterocycles. The van der Waals surface area contributed by atoms with Crippen LogP contribution >= 0.6 is 12.4 Å². The maximum Gasteiger partial charge on any atom is 0.237 e. The van der Waals surface area contributed by atoms with Crippen molar-refractivity contribution < 1.29 is 4.79 Å². The first kappa shape index (κ1) is 21.9. The van der Waals surface area contributed by atoms with E-state index in [1.165, 1.54) is 5.56 Å². The van der Waals surface area contributed by atoms with Crippen molar-refractivity contribution in [3.63, 3.8) is 0 Å². The number of nitrogens with one attached hydrogen (secondary N) is 1. The molecule has 142 valence electrons. The minimum atomic E-state index is -0.391. The first-order chi connectivity index (χ1) is 11.6. The average molecular weight is 369 g/mol. The van der Waals surface area contributed by atoms with Crippen LogP contribution in [0.15, 0.2) is 30.3 Å². The van der Waals surface area contributed by atoms with E-state index in [0.717, 1.165) is 45.7 Å². The highest BCUT2D eigenvalue weighted by atomic mass is 35.5. The maximum absolute atomic E-state index is 12.0. The van der Waals surface area contributed by atoms with Gasteiger partial charge in [-0.25, -0.2) is 0 Å². The summed E-state index contributed by atoms with van der Waals surface area (Å²) in [5.41, 5.74) is 7.32. The predicted octanol–water partition coefficient (Wildman–Crippen LogP) is 1.72. The van der Waals surface area contributed by atoms with E-state index in [4.69, 9.17) is 5.73 Å². The molecule has 0 saturated carbocycles. The lowest BCUT2D eigenvalue weighted by atomic mass is 9.99. The topological polar surface area (TPSA) is 61.6 Å². The molecule has 2 rings (SSSR count). The lowest BCUT2D eigenvalue weighted by Gasteiger charge is -2.34. The molecule has 1 amide bonds. The Morgan fingerprint density at radius 3 is 2.36 bits per heavy atom. The molecule has 2 unspecified atom stereocenters. The number of carbonyl (C=O) groups is 1. The maximum atomic E-state index is 12.0. The molecule has 1 fully saturated rings. The van der Waals surface area contributed by atoms with Crippen LogP contribution in [-0.2, 0) is 11.3 Å². The third-order valence-corrected chi connectivity index (χ3v) is 5.00. The Morgan fingerprint density at radius 2 is 1.76 bits per heavy atom. The van der Waals surface area contributed by atoms with Crippen molar-refractivity contribution in [2.75, 3.05) is 39.3 Å². The third kappa shape index (κ3) is 7.32. The second-order valence-corrected chi connectivity index (χ2v) is 6.81. The summed E-state index contributed by atoms with van der Waals surface area (Å²) in [6.07, 6.45) is 0.929. The second kappa shape index (κ2) is 11.5. The van der Waals surface area contributed by atoms with Gasteiger partial charge in [-0.1, -0.05) is 50.6 Å².